The van der Waals surface area contributed by atoms with Crippen LogP contribution in [0, 0.1) is 6.92 Å². The smallest absolute Gasteiger partial charge is 0.255 e. The van der Waals surface area contributed by atoms with Crippen LogP contribution in [0.5, 0.6) is 0 Å². The van der Waals surface area contributed by atoms with Crippen LogP contribution in [0.15, 0.2) is 59.5 Å². The first-order valence-corrected chi connectivity index (χ1v) is 11.2. The summed E-state index contributed by atoms with van der Waals surface area (Å²) in [6, 6.07) is 15.4. The molecule has 1 fully saturated rings. The standard InChI is InChI=1S/C23H22BrN7O/c1-15-7-8-16(23(32)27-17-5-3-2-4-6-17)13-18(15)30-9-11-31(12-10-30)22-19-20(24)28-29-21(19)25-14-26-22/h2-8,13-14H,9-12H2,1H3,(H,27,32)(H,25,26,28,29). The Morgan fingerprint density at radius 2 is 1.78 bits per heavy atom. The third kappa shape index (κ3) is 3.91. The summed E-state index contributed by atoms with van der Waals surface area (Å²) >= 11 is 3.51. The van der Waals surface area contributed by atoms with Gasteiger partial charge in [0.15, 0.2) is 5.65 Å². The summed E-state index contributed by atoms with van der Waals surface area (Å²) in [6.07, 6.45) is 1.55. The summed E-state index contributed by atoms with van der Waals surface area (Å²) in [5.41, 5.74) is 4.32. The van der Waals surface area contributed by atoms with E-state index in [2.05, 4.69) is 58.1 Å². The summed E-state index contributed by atoms with van der Waals surface area (Å²) in [5, 5.41) is 11.0. The molecule has 0 aliphatic carbocycles. The minimum Gasteiger partial charge on any atom is -0.368 e. The number of piperazine rings is 1. The zero-order valence-electron chi connectivity index (χ0n) is 17.5. The van der Waals surface area contributed by atoms with Gasteiger partial charge < -0.3 is 15.1 Å². The van der Waals surface area contributed by atoms with Crippen molar-refractivity contribution < 1.29 is 4.79 Å². The number of carbonyl (C=O) groups excluding carboxylic acids is 1. The van der Waals surface area contributed by atoms with Gasteiger partial charge in [0.1, 0.15) is 16.7 Å². The molecule has 9 heteroatoms. The zero-order valence-corrected chi connectivity index (χ0v) is 19.1. The number of nitrogens with one attached hydrogen (secondary N) is 2. The molecule has 3 heterocycles. The fraction of sp³-hybridized carbons (Fsp3) is 0.217. The van der Waals surface area contributed by atoms with E-state index in [0.717, 1.165) is 58.9 Å². The summed E-state index contributed by atoms with van der Waals surface area (Å²) in [7, 11) is 0. The number of halogens is 1. The number of fused-ring (bicyclic) bond motifs is 1. The number of aromatic amines is 1. The fourth-order valence-corrected chi connectivity index (χ4v) is 4.46. The van der Waals surface area contributed by atoms with E-state index in [9.17, 15) is 4.79 Å². The number of carbonyl (C=O) groups is 1. The van der Waals surface area contributed by atoms with E-state index in [1.165, 1.54) is 0 Å². The number of hydrogen-bond donors (Lipinski definition) is 2. The van der Waals surface area contributed by atoms with Crippen LogP contribution in [-0.2, 0) is 0 Å². The number of H-pyrrole nitrogens is 1. The van der Waals surface area contributed by atoms with Crippen molar-refractivity contribution in [3.05, 3.63) is 70.6 Å². The minimum absolute atomic E-state index is 0.107. The number of hydrogen-bond acceptors (Lipinski definition) is 6. The van der Waals surface area contributed by atoms with Crippen molar-refractivity contribution in [1.29, 1.82) is 0 Å². The number of aryl methyl sites for hydroxylation is 1. The van der Waals surface area contributed by atoms with Crippen molar-refractivity contribution in [2.75, 3.05) is 41.3 Å². The van der Waals surface area contributed by atoms with Crippen LogP contribution < -0.4 is 15.1 Å². The lowest BCUT2D eigenvalue weighted by molar-refractivity contribution is 0.102. The van der Waals surface area contributed by atoms with Crippen LogP contribution in [0.4, 0.5) is 17.2 Å². The number of rotatable bonds is 4. The quantitative estimate of drug-likeness (QED) is 0.448. The number of benzene rings is 2. The first-order valence-electron chi connectivity index (χ1n) is 10.4. The van der Waals surface area contributed by atoms with E-state index in [0.29, 0.717) is 11.2 Å². The highest BCUT2D eigenvalue weighted by Gasteiger charge is 2.23. The van der Waals surface area contributed by atoms with Crippen molar-refractivity contribution in [2.24, 2.45) is 0 Å². The Balaban J connectivity index is 1.32. The molecule has 2 aromatic heterocycles. The van der Waals surface area contributed by atoms with Crippen LogP contribution in [-0.4, -0.2) is 52.3 Å². The monoisotopic (exact) mass is 491 g/mol. The van der Waals surface area contributed by atoms with Crippen molar-refractivity contribution in [3.63, 3.8) is 0 Å². The van der Waals surface area contributed by atoms with Crippen LogP contribution in [0.3, 0.4) is 0 Å². The summed E-state index contributed by atoms with van der Waals surface area (Å²) in [5.74, 6) is 0.771. The third-order valence-corrected chi connectivity index (χ3v) is 6.28. The molecule has 0 atom stereocenters. The van der Waals surface area contributed by atoms with Gasteiger partial charge in [-0.05, 0) is 52.7 Å². The van der Waals surface area contributed by atoms with E-state index >= 15 is 0 Å². The molecular weight excluding hydrogens is 470 g/mol. The van der Waals surface area contributed by atoms with Gasteiger partial charge in [-0.1, -0.05) is 24.3 Å². The first-order chi connectivity index (χ1) is 15.6. The molecule has 0 saturated carbocycles. The van der Waals surface area contributed by atoms with Gasteiger partial charge in [-0.15, -0.1) is 0 Å². The molecular formula is C23H22BrN7O. The summed E-state index contributed by atoms with van der Waals surface area (Å²) in [4.78, 5) is 26.1. The molecule has 0 radical (unpaired) electrons. The molecule has 0 unspecified atom stereocenters. The normalized spacial score (nSPS) is 14.1. The maximum absolute atomic E-state index is 12.8. The van der Waals surface area contributed by atoms with Gasteiger partial charge in [-0.2, -0.15) is 5.10 Å². The lowest BCUT2D eigenvalue weighted by Gasteiger charge is -2.37. The second-order valence-corrected chi connectivity index (χ2v) is 8.52. The number of aromatic nitrogens is 4. The van der Waals surface area contributed by atoms with Gasteiger partial charge in [-0.25, -0.2) is 9.97 Å². The average molecular weight is 492 g/mol. The van der Waals surface area contributed by atoms with E-state index < -0.39 is 0 Å². The highest BCUT2D eigenvalue weighted by atomic mass is 79.9. The Bertz CT molecular complexity index is 1270. The van der Waals surface area contributed by atoms with Gasteiger partial charge in [0, 0.05) is 43.1 Å². The molecule has 5 rings (SSSR count). The van der Waals surface area contributed by atoms with Crippen molar-refractivity contribution in [2.45, 2.75) is 6.92 Å². The predicted molar refractivity (Wildman–Crippen MR) is 129 cm³/mol. The Kier molecular flexibility index (Phi) is 5.48. The second-order valence-electron chi connectivity index (χ2n) is 7.73. The molecule has 8 nitrogen and oxygen atoms in total. The highest BCUT2D eigenvalue weighted by molar-refractivity contribution is 9.10. The van der Waals surface area contributed by atoms with E-state index in [-0.39, 0.29) is 5.91 Å². The van der Waals surface area contributed by atoms with Crippen molar-refractivity contribution in [1.82, 2.24) is 20.2 Å². The lowest BCUT2D eigenvalue weighted by atomic mass is 10.1. The molecule has 1 aliphatic heterocycles. The molecule has 1 saturated heterocycles. The predicted octanol–water partition coefficient (Wildman–Crippen LogP) is 4.00. The lowest BCUT2D eigenvalue weighted by Crippen LogP contribution is -2.47. The Labute approximate surface area is 193 Å². The molecule has 32 heavy (non-hydrogen) atoms. The molecule has 1 amide bonds. The molecule has 2 aromatic carbocycles. The Hall–Kier alpha value is -3.46. The van der Waals surface area contributed by atoms with Crippen molar-refractivity contribution in [3.8, 4) is 0 Å². The SMILES string of the molecule is Cc1ccc(C(=O)Nc2ccccc2)cc1N1CCN(c2ncnc3n[nH]c(Br)c23)CC1. The van der Waals surface area contributed by atoms with E-state index in [1.54, 1.807) is 6.33 Å². The Morgan fingerprint density at radius 3 is 2.56 bits per heavy atom. The summed E-state index contributed by atoms with van der Waals surface area (Å²) < 4.78 is 0.790. The second kappa shape index (κ2) is 8.58. The molecule has 1 aliphatic rings. The Morgan fingerprint density at radius 1 is 1.03 bits per heavy atom. The topological polar surface area (TPSA) is 90.0 Å². The van der Waals surface area contributed by atoms with Crippen LogP contribution in [0.1, 0.15) is 15.9 Å². The third-order valence-electron chi connectivity index (χ3n) is 5.71. The summed E-state index contributed by atoms with van der Waals surface area (Å²) in [6.45, 7) is 5.35. The molecule has 0 spiro atoms. The molecule has 162 valence electrons. The number of amides is 1. The number of anilines is 3. The average Bonchev–Trinajstić information content (AvgIpc) is 3.21. The highest BCUT2D eigenvalue weighted by Crippen LogP contribution is 2.30. The fourth-order valence-electron chi connectivity index (χ4n) is 4.02. The largest absolute Gasteiger partial charge is 0.368 e. The number of para-hydroxylation sites is 1. The van der Waals surface area contributed by atoms with Crippen LogP contribution in [0.25, 0.3) is 11.0 Å². The zero-order chi connectivity index (χ0) is 22.1. The molecule has 4 aromatic rings. The van der Waals surface area contributed by atoms with Gasteiger partial charge in [0.2, 0.25) is 0 Å². The van der Waals surface area contributed by atoms with Crippen molar-refractivity contribution >= 4 is 50.1 Å². The minimum atomic E-state index is -0.107. The molecule has 2 N–H and O–H groups in total. The number of nitrogens with zero attached hydrogens (tertiary/aromatic N) is 5. The van der Waals surface area contributed by atoms with E-state index in [4.69, 9.17) is 0 Å². The van der Waals surface area contributed by atoms with Crippen LogP contribution >= 0.6 is 15.9 Å². The van der Waals surface area contributed by atoms with Gasteiger partial charge >= 0.3 is 0 Å². The maximum atomic E-state index is 12.8. The molecule has 0 bridgehead atoms. The van der Waals surface area contributed by atoms with E-state index in [1.807, 2.05) is 48.5 Å². The van der Waals surface area contributed by atoms with Gasteiger partial charge in [0.05, 0.1) is 5.39 Å². The maximum Gasteiger partial charge on any atom is 0.255 e. The van der Waals surface area contributed by atoms with Crippen LogP contribution in [0.2, 0.25) is 0 Å². The van der Waals surface area contributed by atoms with Gasteiger partial charge in [0.25, 0.3) is 5.91 Å². The van der Waals surface area contributed by atoms with Gasteiger partial charge in [-0.3, -0.25) is 9.89 Å². The first kappa shape index (κ1) is 20.4.